The van der Waals surface area contributed by atoms with Crippen molar-refractivity contribution in [1.82, 2.24) is 4.90 Å². The maximum atomic E-state index is 14.1. The van der Waals surface area contributed by atoms with Crippen LogP contribution in [0.2, 0.25) is 0 Å². The Morgan fingerprint density at radius 1 is 0.967 bits per heavy atom. The summed E-state index contributed by atoms with van der Waals surface area (Å²) in [6, 6.07) is 11.9. The number of aryl methyl sites for hydroxylation is 1. The largest absolute Gasteiger partial charge is 0.322 e. The highest BCUT2D eigenvalue weighted by molar-refractivity contribution is 7.12. The number of para-hydroxylation sites is 1. The number of urea groups is 1. The third-order valence-electron chi connectivity index (χ3n) is 6.04. The molecular formula is C24H22F2N2OS. The highest BCUT2D eigenvalue weighted by Crippen LogP contribution is 2.45. The fourth-order valence-electron chi connectivity index (χ4n) is 4.60. The molecule has 6 heteroatoms. The topological polar surface area (TPSA) is 32.3 Å². The number of hydrogen-bond acceptors (Lipinski definition) is 2. The summed E-state index contributed by atoms with van der Waals surface area (Å²) in [6.07, 6.45) is 5.38. The Balaban J connectivity index is 1.55. The van der Waals surface area contributed by atoms with Crippen LogP contribution in [0, 0.1) is 11.6 Å². The van der Waals surface area contributed by atoms with Gasteiger partial charge >= 0.3 is 6.03 Å². The van der Waals surface area contributed by atoms with E-state index in [1.165, 1.54) is 51.9 Å². The second-order valence-corrected chi connectivity index (χ2v) is 9.00. The molecule has 0 radical (unpaired) electrons. The van der Waals surface area contributed by atoms with Gasteiger partial charge in [-0.3, -0.25) is 0 Å². The Bertz CT molecular complexity index is 1090. The Morgan fingerprint density at radius 2 is 1.73 bits per heavy atom. The van der Waals surface area contributed by atoms with Crippen molar-refractivity contribution >= 4 is 23.1 Å². The van der Waals surface area contributed by atoms with Crippen molar-refractivity contribution < 1.29 is 13.6 Å². The van der Waals surface area contributed by atoms with Crippen LogP contribution in [0.1, 0.15) is 45.3 Å². The molecule has 0 unspecified atom stereocenters. The van der Waals surface area contributed by atoms with Gasteiger partial charge in [0.05, 0.1) is 11.7 Å². The van der Waals surface area contributed by atoms with Crippen LogP contribution in [0.3, 0.4) is 0 Å². The second-order valence-electron chi connectivity index (χ2n) is 7.86. The van der Waals surface area contributed by atoms with E-state index in [1.807, 2.05) is 0 Å². The molecule has 30 heavy (non-hydrogen) atoms. The van der Waals surface area contributed by atoms with Gasteiger partial charge in [0.15, 0.2) is 0 Å². The molecule has 1 aliphatic carbocycles. The van der Waals surface area contributed by atoms with E-state index in [0.717, 1.165) is 24.8 Å². The van der Waals surface area contributed by atoms with Crippen molar-refractivity contribution in [3.8, 4) is 0 Å². The molecule has 5 rings (SSSR count). The van der Waals surface area contributed by atoms with Crippen molar-refractivity contribution in [3.05, 3.63) is 86.6 Å². The number of thiophene rings is 1. The number of carbonyl (C=O) groups excluding carboxylic acids is 1. The molecule has 1 aliphatic heterocycles. The van der Waals surface area contributed by atoms with E-state index < -0.39 is 5.82 Å². The van der Waals surface area contributed by atoms with Crippen LogP contribution in [-0.2, 0) is 19.3 Å². The molecule has 0 fully saturated rings. The summed E-state index contributed by atoms with van der Waals surface area (Å²) >= 11 is 1.79. The number of hydrogen-bond donors (Lipinski definition) is 1. The minimum Gasteiger partial charge on any atom is -0.312 e. The van der Waals surface area contributed by atoms with Crippen LogP contribution in [0.25, 0.3) is 0 Å². The third kappa shape index (κ3) is 3.39. The zero-order valence-electron chi connectivity index (χ0n) is 16.5. The summed E-state index contributed by atoms with van der Waals surface area (Å²) in [6.45, 7) is 0.540. The first-order chi connectivity index (χ1) is 14.6. The van der Waals surface area contributed by atoms with E-state index in [2.05, 4.69) is 5.32 Å². The maximum Gasteiger partial charge on any atom is 0.322 e. The molecule has 2 amide bonds. The number of amides is 2. The van der Waals surface area contributed by atoms with Crippen LogP contribution in [0.5, 0.6) is 0 Å². The van der Waals surface area contributed by atoms with E-state index in [1.54, 1.807) is 46.6 Å². The molecule has 1 N–H and O–H groups in total. The Hall–Kier alpha value is -2.73. The van der Waals surface area contributed by atoms with E-state index >= 15 is 0 Å². The van der Waals surface area contributed by atoms with Crippen LogP contribution < -0.4 is 5.32 Å². The normalized spacial score (nSPS) is 17.9. The molecule has 0 bridgehead atoms. The number of carbonyl (C=O) groups is 1. The third-order valence-corrected chi connectivity index (χ3v) is 7.42. The van der Waals surface area contributed by atoms with Crippen LogP contribution in [0.15, 0.2) is 48.5 Å². The highest BCUT2D eigenvalue weighted by atomic mass is 32.1. The average molecular weight is 425 g/mol. The standard InChI is InChI=1S/C24H22F2N2OS/c25-16-11-9-15(10-12-16)22-23-18(17-5-1-4-8-21(17)30-23)13-14-28(22)24(29)27-20-7-3-2-6-19(20)26/h2-3,6-7,9-12,22H,1,4-5,8,13-14H2,(H,27,29)/t22-/m1/s1. The van der Waals surface area contributed by atoms with Gasteiger partial charge < -0.3 is 10.2 Å². The summed E-state index contributed by atoms with van der Waals surface area (Å²) in [7, 11) is 0. The molecule has 3 aromatic rings. The molecule has 0 saturated heterocycles. The van der Waals surface area contributed by atoms with Gasteiger partial charge in [0, 0.05) is 16.3 Å². The van der Waals surface area contributed by atoms with Crippen LogP contribution in [0.4, 0.5) is 19.3 Å². The van der Waals surface area contributed by atoms with Gasteiger partial charge in [0.25, 0.3) is 0 Å². The fourth-order valence-corrected chi connectivity index (χ4v) is 6.18. The molecule has 154 valence electrons. The lowest BCUT2D eigenvalue weighted by atomic mass is 9.88. The van der Waals surface area contributed by atoms with Gasteiger partial charge in [-0.05, 0) is 73.1 Å². The Labute approximate surface area is 178 Å². The average Bonchev–Trinajstić information content (AvgIpc) is 3.14. The molecular weight excluding hydrogens is 402 g/mol. The van der Waals surface area contributed by atoms with Gasteiger partial charge in [-0.1, -0.05) is 24.3 Å². The second kappa shape index (κ2) is 7.84. The SMILES string of the molecule is O=C(Nc1ccccc1F)N1CCc2c(sc3c2CCCC3)[C@H]1c1ccc(F)cc1. The molecule has 1 atom stereocenters. The van der Waals surface area contributed by atoms with Crippen molar-refractivity contribution in [2.75, 3.05) is 11.9 Å². The first-order valence-electron chi connectivity index (χ1n) is 10.3. The lowest BCUT2D eigenvalue weighted by Crippen LogP contribution is -2.42. The summed E-state index contributed by atoms with van der Waals surface area (Å²) in [5.74, 6) is -0.768. The maximum absolute atomic E-state index is 14.1. The van der Waals surface area contributed by atoms with Gasteiger partial charge in [0.2, 0.25) is 0 Å². The first-order valence-corrected chi connectivity index (χ1v) is 11.1. The monoisotopic (exact) mass is 424 g/mol. The number of benzene rings is 2. The summed E-state index contributed by atoms with van der Waals surface area (Å²) in [5.41, 5.74) is 3.86. The van der Waals surface area contributed by atoms with E-state index in [0.29, 0.717) is 6.54 Å². The van der Waals surface area contributed by atoms with Crippen LogP contribution >= 0.6 is 11.3 Å². The van der Waals surface area contributed by atoms with Crippen molar-refractivity contribution in [1.29, 1.82) is 0 Å². The molecule has 1 aromatic heterocycles. The zero-order chi connectivity index (χ0) is 20.7. The number of fused-ring (bicyclic) bond motifs is 3. The van der Waals surface area contributed by atoms with E-state index in [-0.39, 0.29) is 23.6 Å². The summed E-state index contributed by atoms with van der Waals surface area (Å²) in [5, 5.41) is 2.73. The number of rotatable bonds is 2. The molecule has 3 nitrogen and oxygen atoms in total. The molecule has 2 heterocycles. The Kier molecular flexibility index (Phi) is 5.03. The van der Waals surface area contributed by atoms with Gasteiger partial charge in [-0.2, -0.15) is 0 Å². The zero-order valence-corrected chi connectivity index (χ0v) is 17.3. The van der Waals surface area contributed by atoms with Gasteiger partial charge in [0.1, 0.15) is 11.6 Å². The molecule has 2 aromatic carbocycles. The first kappa shape index (κ1) is 19.2. The van der Waals surface area contributed by atoms with Crippen LogP contribution in [-0.4, -0.2) is 17.5 Å². The minimum atomic E-state index is -0.464. The Morgan fingerprint density at radius 3 is 2.53 bits per heavy atom. The lowest BCUT2D eigenvalue weighted by Gasteiger charge is -2.36. The number of anilines is 1. The summed E-state index contributed by atoms with van der Waals surface area (Å²) < 4.78 is 27.7. The number of nitrogens with one attached hydrogen (secondary N) is 1. The minimum absolute atomic E-state index is 0.164. The smallest absolute Gasteiger partial charge is 0.312 e. The quantitative estimate of drug-likeness (QED) is 0.531. The molecule has 2 aliphatic rings. The van der Waals surface area contributed by atoms with Gasteiger partial charge in [-0.25, -0.2) is 13.6 Å². The van der Waals surface area contributed by atoms with Crippen molar-refractivity contribution in [2.24, 2.45) is 0 Å². The predicted octanol–water partition coefficient (Wildman–Crippen LogP) is 6.08. The van der Waals surface area contributed by atoms with Crippen molar-refractivity contribution in [2.45, 2.75) is 38.1 Å². The molecule has 0 spiro atoms. The predicted molar refractivity (Wildman–Crippen MR) is 115 cm³/mol. The fraction of sp³-hybridized carbons (Fsp3) is 0.292. The van der Waals surface area contributed by atoms with Crippen molar-refractivity contribution in [3.63, 3.8) is 0 Å². The van der Waals surface area contributed by atoms with E-state index in [4.69, 9.17) is 0 Å². The number of halogens is 2. The molecule has 0 saturated carbocycles. The lowest BCUT2D eigenvalue weighted by molar-refractivity contribution is 0.195. The number of nitrogens with zero attached hydrogens (tertiary/aromatic N) is 1. The van der Waals surface area contributed by atoms with Gasteiger partial charge in [-0.15, -0.1) is 11.3 Å². The summed E-state index contributed by atoms with van der Waals surface area (Å²) in [4.78, 5) is 17.6. The highest BCUT2D eigenvalue weighted by Gasteiger charge is 2.36. The van der Waals surface area contributed by atoms with E-state index in [9.17, 15) is 13.6 Å².